The number of aromatic nitrogens is 2. The first-order valence-corrected chi connectivity index (χ1v) is 4.91. The lowest BCUT2D eigenvalue weighted by Gasteiger charge is -2.39. The van der Waals surface area contributed by atoms with Crippen molar-refractivity contribution in [1.29, 1.82) is 0 Å². The Morgan fingerprint density at radius 2 is 2.20 bits per heavy atom. The van der Waals surface area contributed by atoms with Crippen LogP contribution in [0.25, 0.3) is 0 Å². The van der Waals surface area contributed by atoms with Gasteiger partial charge in [0.15, 0.2) is 0 Å². The van der Waals surface area contributed by atoms with E-state index >= 15 is 0 Å². The number of carbonyl (C=O) groups is 1. The summed E-state index contributed by atoms with van der Waals surface area (Å²) < 4.78 is 0. The fourth-order valence-corrected chi connectivity index (χ4v) is 1.83. The molecule has 0 atom stereocenters. The van der Waals surface area contributed by atoms with E-state index in [1.807, 2.05) is 6.92 Å². The van der Waals surface area contributed by atoms with E-state index in [0.717, 1.165) is 24.6 Å². The lowest BCUT2D eigenvalue weighted by atomic mass is 9.96. The molecule has 1 aliphatic heterocycles. The summed E-state index contributed by atoms with van der Waals surface area (Å²) >= 11 is 0. The maximum absolute atomic E-state index is 10.5. The van der Waals surface area contributed by atoms with Crippen LogP contribution in [-0.4, -0.2) is 34.1 Å². The van der Waals surface area contributed by atoms with Gasteiger partial charge in [-0.25, -0.2) is 4.98 Å². The third-order valence-corrected chi connectivity index (χ3v) is 2.58. The topological polar surface area (TPSA) is 66.3 Å². The van der Waals surface area contributed by atoms with Gasteiger partial charge in [0.1, 0.15) is 5.82 Å². The van der Waals surface area contributed by atoms with Gasteiger partial charge in [0, 0.05) is 31.4 Å². The Hall–Kier alpha value is -1.65. The van der Waals surface area contributed by atoms with Crippen molar-refractivity contribution >= 4 is 11.8 Å². The second-order valence-corrected chi connectivity index (χ2v) is 3.83. The van der Waals surface area contributed by atoms with Crippen LogP contribution in [0.15, 0.2) is 12.4 Å². The normalized spacial score (nSPS) is 16.2. The van der Waals surface area contributed by atoms with E-state index in [-0.39, 0.29) is 12.3 Å². The molecule has 2 heterocycles. The molecule has 1 aromatic heterocycles. The van der Waals surface area contributed by atoms with Gasteiger partial charge in [-0.1, -0.05) is 0 Å². The number of carboxylic acid groups (broad SMARTS) is 1. The minimum absolute atomic E-state index is 0.246. The molecule has 1 saturated heterocycles. The van der Waals surface area contributed by atoms with E-state index in [4.69, 9.17) is 5.11 Å². The van der Waals surface area contributed by atoms with Gasteiger partial charge in [0.25, 0.3) is 0 Å². The van der Waals surface area contributed by atoms with E-state index < -0.39 is 5.97 Å². The van der Waals surface area contributed by atoms with Crippen LogP contribution in [0.1, 0.15) is 12.1 Å². The summed E-state index contributed by atoms with van der Waals surface area (Å²) in [4.78, 5) is 20.9. The maximum Gasteiger partial charge on any atom is 0.303 e. The molecule has 0 saturated carbocycles. The van der Waals surface area contributed by atoms with Crippen molar-refractivity contribution in [3.63, 3.8) is 0 Å². The highest BCUT2D eigenvalue weighted by Crippen LogP contribution is 2.25. The van der Waals surface area contributed by atoms with Crippen molar-refractivity contribution in [2.24, 2.45) is 5.92 Å². The smallest absolute Gasteiger partial charge is 0.303 e. The highest BCUT2D eigenvalue weighted by Gasteiger charge is 2.30. The zero-order valence-corrected chi connectivity index (χ0v) is 8.55. The number of anilines is 1. The van der Waals surface area contributed by atoms with Gasteiger partial charge in [0.05, 0.1) is 12.1 Å². The quantitative estimate of drug-likeness (QED) is 0.790. The highest BCUT2D eigenvalue weighted by molar-refractivity contribution is 5.67. The Morgan fingerprint density at radius 1 is 1.53 bits per heavy atom. The predicted molar refractivity (Wildman–Crippen MR) is 54.7 cm³/mol. The lowest BCUT2D eigenvalue weighted by molar-refractivity contribution is -0.138. The van der Waals surface area contributed by atoms with Crippen LogP contribution in [-0.2, 0) is 4.79 Å². The largest absolute Gasteiger partial charge is 0.481 e. The summed E-state index contributed by atoms with van der Waals surface area (Å²) in [6.45, 7) is 3.45. The molecule has 0 unspecified atom stereocenters. The van der Waals surface area contributed by atoms with Crippen molar-refractivity contribution in [3.8, 4) is 0 Å². The standard InChI is InChI=1S/C10H13N3O2/c1-7-10(12-3-2-11-7)13-5-8(6-13)4-9(14)15/h2-3,8H,4-6H2,1H3,(H,14,15). The second kappa shape index (κ2) is 3.84. The van der Waals surface area contributed by atoms with Gasteiger partial charge >= 0.3 is 5.97 Å². The predicted octanol–water partition coefficient (Wildman–Crippen LogP) is 0.696. The summed E-state index contributed by atoms with van der Waals surface area (Å²) in [5, 5.41) is 8.61. The number of rotatable bonds is 3. The number of carboxylic acids is 1. The van der Waals surface area contributed by atoms with Crippen molar-refractivity contribution in [1.82, 2.24) is 9.97 Å². The molecule has 15 heavy (non-hydrogen) atoms. The second-order valence-electron chi connectivity index (χ2n) is 3.83. The molecular weight excluding hydrogens is 194 g/mol. The first kappa shape index (κ1) is 9.89. The third kappa shape index (κ3) is 2.06. The van der Waals surface area contributed by atoms with Crippen LogP contribution in [0.4, 0.5) is 5.82 Å². The first-order chi connectivity index (χ1) is 7.16. The number of nitrogens with zero attached hydrogens (tertiary/aromatic N) is 3. The van der Waals surface area contributed by atoms with Gasteiger partial charge in [-0.15, -0.1) is 0 Å². The van der Waals surface area contributed by atoms with Crippen LogP contribution in [0.5, 0.6) is 0 Å². The Morgan fingerprint density at radius 3 is 2.80 bits per heavy atom. The summed E-state index contributed by atoms with van der Waals surface area (Å²) in [6, 6.07) is 0. The summed E-state index contributed by atoms with van der Waals surface area (Å²) in [5.41, 5.74) is 0.895. The van der Waals surface area contributed by atoms with Gasteiger partial charge < -0.3 is 10.0 Å². The Kier molecular flexibility index (Phi) is 2.53. The first-order valence-electron chi connectivity index (χ1n) is 4.91. The molecule has 5 nitrogen and oxygen atoms in total. The van der Waals surface area contributed by atoms with Gasteiger partial charge in [-0.05, 0) is 6.92 Å². The third-order valence-electron chi connectivity index (χ3n) is 2.58. The summed E-state index contributed by atoms with van der Waals surface area (Å²) in [5.74, 6) is 0.401. The van der Waals surface area contributed by atoms with Gasteiger partial charge in [-0.2, -0.15) is 0 Å². The molecule has 0 bridgehead atoms. The molecule has 1 aliphatic rings. The van der Waals surface area contributed by atoms with Crippen molar-refractivity contribution in [3.05, 3.63) is 18.1 Å². The average Bonchev–Trinajstić information content (AvgIpc) is 2.12. The van der Waals surface area contributed by atoms with E-state index in [0.29, 0.717) is 0 Å². The number of hydrogen-bond acceptors (Lipinski definition) is 4. The number of hydrogen-bond donors (Lipinski definition) is 1. The fraction of sp³-hybridized carbons (Fsp3) is 0.500. The Bertz CT molecular complexity index is 375. The molecule has 0 amide bonds. The van der Waals surface area contributed by atoms with Crippen LogP contribution in [0, 0.1) is 12.8 Å². The minimum Gasteiger partial charge on any atom is -0.481 e. The van der Waals surface area contributed by atoms with Gasteiger partial charge in [0.2, 0.25) is 0 Å². The van der Waals surface area contributed by atoms with E-state index in [2.05, 4.69) is 14.9 Å². The summed E-state index contributed by atoms with van der Waals surface area (Å²) in [6.07, 6.45) is 3.57. The van der Waals surface area contributed by atoms with Crippen molar-refractivity contribution in [2.45, 2.75) is 13.3 Å². The molecule has 1 N–H and O–H groups in total. The van der Waals surface area contributed by atoms with E-state index in [9.17, 15) is 4.79 Å². The van der Waals surface area contributed by atoms with Crippen LogP contribution < -0.4 is 4.90 Å². The lowest BCUT2D eigenvalue weighted by Crippen LogP contribution is -2.48. The molecule has 0 aromatic carbocycles. The molecule has 0 radical (unpaired) electrons. The van der Waals surface area contributed by atoms with Crippen LogP contribution in [0.2, 0.25) is 0 Å². The van der Waals surface area contributed by atoms with Crippen molar-refractivity contribution < 1.29 is 9.90 Å². The highest BCUT2D eigenvalue weighted by atomic mass is 16.4. The molecule has 5 heteroatoms. The molecule has 1 fully saturated rings. The van der Waals surface area contributed by atoms with E-state index in [1.165, 1.54) is 0 Å². The van der Waals surface area contributed by atoms with E-state index in [1.54, 1.807) is 12.4 Å². The zero-order chi connectivity index (χ0) is 10.8. The Labute approximate surface area is 87.8 Å². The fourth-order valence-electron chi connectivity index (χ4n) is 1.83. The molecular formula is C10H13N3O2. The zero-order valence-electron chi connectivity index (χ0n) is 8.55. The SMILES string of the molecule is Cc1nccnc1N1CC(CC(=O)O)C1. The molecule has 2 rings (SSSR count). The molecule has 0 aliphatic carbocycles. The average molecular weight is 207 g/mol. The van der Waals surface area contributed by atoms with Crippen LogP contribution >= 0.6 is 0 Å². The van der Waals surface area contributed by atoms with Crippen LogP contribution in [0.3, 0.4) is 0 Å². The monoisotopic (exact) mass is 207 g/mol. The summed E-state index contributed by atoms with van der Waals surface area (Å²) in [7, 11) is 0. The number of aliphatic carboxylic acids is 1. The molecule has 1 aromatic rings. The minimum atomic E-state index is -0.726. The molecule has 80 valence electrons. The number of aryl methyl sites for hydroxylation is 1. The van der Waals surface area contributed by atoms with Crippen molar-refractivity contribution in [2.75, 3.05) is 18.0 Å². The Balaban J connectivity index is 1.95. The molecule has 0 spiro atoms. The van der Waals surface area contributed by atoms with Gasteiger partial charge in [-0.3, -0.25) is 9.78 Å². The maximum atomic E-state index is 10.5.